The van der Waals surface area contributed by atoms with Gasteiger partial charge in [-0.3, -0.25) is 4.79 Å². The van der Waals surface area contributed by atoms with Crippen LogP contribution in [0.15, 0.2) is 12.4 Å². The lowest BCUT2D eigenvalue weighted by Gasteiger charge is -2.17. The molecule has 1 amide bonds. The Balaban J connectivity index is 1.82. The van der Waals surface area contributed by atoms with Crippen molar-refractivity contribution in [1.82, 2.24) is 20.6 Å². The zero-order valence-corrected chi connectivity index (χ0v) is 12.4. The van der Waals surface area contributed by atoms with Crippen molar-refractivity contribution < 1.29 is 4.79 Å². The molecule has 1 aromatic heterocycles. The molecule has 2 N–H and O–H groups in total. The third-order valence-corrected chi connectivity index (χ3v) is 3.04. The predicted molar refractivity (Wildman–Crippen MR) is 78.4 cm³/mol. The van der Waals surface area contributed by atoms with E-state index in [-0.39, 0.29) is 18.5 Å². The Morgan fingerprint density at radius 3 is 2.60 bits per heavy atom. The summed E-state index contributed by atoms with van der Waals surface area (Å²) in [6.45, 7) is 4.95. The van der Waals surface area contributed by atoms with Crippen LogP contribution in [-0.4, -0.2) is 41.6 Å². The fourth-order valence-corrected chi connectivity index (χ4v) is 1.84. The molecule has 0 aromatic carbocycles. The molecule has 6 nitrogen and oxygen atoms in total. The van der Waals surface area contributed by atoms with E-state index >= 15 is 0 Å². The number of rotatable bonds is 7. The summed E-state index contributed by atoms with van der Waals surface area (Å²) in [5.74, 6) is 0.546. The average Bonchev–Trinajstić information content (AvgIpc) is 3.19. The lowest BCUT2D eigenvalue weighted by Crippen LogP contribution is -2.39. The van der Waals surface area contributed by atoms with Gasteiger partial charge in [-0.05, 0) is 26.7 Å². The van der Waals surface area contributed by atoms with Gasteiger partial charge >= 0.3 is 0 Å². The molecule has 0 saturated heterocycles. The maximum atomic E-state index is 11.7. The summed E-state index contributed by atoms with van der Waals surface area (Å²) in [5.41, 5.74) is 1.07. The summed E-state index contributed by atoms with van der Waals surface area (Å²) in [7, 11) is 1.82. The molecule has 1 saturated carbocycles. The molecule has 0 radical (unpaired) electrons. The van der Waals surface area contributed by atoms with E-state index < -0.39 is 0 Å². The van der Waals surface area contributed by atoms with Crippen LogP contribution < -0.4 is 15.5 Å². The first-order valence-electron chi connectivity index (χ1n) is 7.09. The van der Waals surface area contributed by atoms with Gasteiger partial charge in [0.2, 0.25) is 11.9 Å². The monoisotopic (exact) mass is 277 g/mol. The Bertz CT molecular complexity index is 441. The molecule has 0 atom stereocenters. The molecule has 6 heteroatoms. The Morgan fingerprint density at radius 1 is 1.40 bits per heavy atom. The van der Waals surface area contributed by atoms with Crippen LogP contribution in [-0.2, 0) is 11.3 Å². The fraction of sp³-hybridized carbons (Fsp3) is 0.643. The van der Waals surface area contributed by atoms with E-state index in [0.717, 1.165) is 12.1 Å². The number of nitrogens with zero attached hydrogens (tertiary/aromatic N) is 3. The molecule has 1 aromatic rings. The summed E-state index contributed by atoms with van der Waals surface area (Å²) in [4.78, 5) is 22.0. The van der Waals surface area contributed by atoms with Gasteiger partial charge in [0.25, 0.3) is 0 Å². The van der Waals surface area contributed by atoms with Crippen molar-refractivity contribution in [3.05, 3.63) is 18.0 Å². The van der Waals surface area contributed by atoms with Crippen LogP contribution in [0.25, 0.3) is 0 Å². The van der Waals surface area contributed by atoms with Crippen LogP contribution in [0.3, 0.4) is 0 Å². The highest BCUT2D eigenvalue weighted by atomic mass is 16.2. The first-order valence-corrected chi connectivity index (χ1v) is 7.09. The normalized spacial score (nSPS) is 14.4. The minimum absolute atomic E-state index is 0.0226. The molecule has 0 aliphatic heterocycles. The van der Waals surface area contributed by atoms with Crippen molar-refractivity contribution in [2.45, 2.75) is 45.3 Å². The lowest BCUT2D eigenvalue weighted by atomic mass is 10.3. The number of hydrogen-bond acceptors (Lipinski definition) is 5. The molecule has 1 fully saturated rings. The van der Waals surface area contributed by atoms with Crippen molar-refractivity contribution in [3.8, 4) is 0 Å². The van der Waals surface area contributed by atoms with Crippen molar-refractivity contribution in [3.63, 3.8) is 0 Å². The third kappa shape index (κ3) is 4.77. The van der Waals surface area contributed by atoms with Crippen molar-refractivity contribution in [2.75, 3.05) is 18.5 Å². The highest BCUT2D eigenvalue weighted by Gasteiger charge is 2.20. The zero-order chi connectivity index (χ0) is 14.5. The first-order chi connectivity index (χ1) is 9.54. The molecule has 2 rings (SSSR count). The zero-order valence-electron chi connectivity index (χ0n) is 12.4. The summed E-state index contributed by atoms with van der Waals surface area (Å²) >= 11 is 0. The van der Waals surface area contributed by atoms with Gasteiger partial charge in [0.05, 0.1) is 6.54 Å². The topological polar surface area (TPSA) is 70.2 Å². The van der Waals surface area contributed by atoms with Gasteiger partial charge in [0.15, 0.2) is 0 Å². The second kappa shape index (κ2) is 6.65. The predicted octanol–water partition coefficient (Wildman–Crippen LogP) is 0.689. The molecular formula is C14H23N5O. The van der Waals surface area contributed by atoms with Gasteiger partial charge in [0.1, 0.15) is 0 Å². The fourth-order valence-electron chi connectivity index (χ4n) is 1.84. The van der Waals surface area contributed by atoms with Crippen molar-refractivity contribution in [1.29, 1.82) is 0 Å². The van der Waals surface area contributed by atoms with Crippen LogP contribution in [0.4, 0.5) is 5.95 Å². The van der Waals surface area contributed by atoms with E-state index in [4.69, 9.17) is 0 Å². The number of anilines is 1. The van der Waals surface area contributed by atoms with Crippen LogP contribution in [0, 0.1) is 0 Å². The Hall–Kier alpha value is -1.69. The molecule has 110 valence electrons. The van der Waals surface area contributed by atoms with Crippen LogP contribution in [0.5, 0.6) is 0 Å². The number of likely N-dealkylation sites (N-methyl/N-ethyl adjacent to an activating group) is 1. The molecule has 1 heterocycles. The van der Waals surface area contributed by atoms with Crippen LogP contribution >= 0.6 is 0 Å². The minimum Gasteiger partial charge on any atom is -0.352 e. The Kier molecular flexibility index (Phi) is 4.89. The smallest absolute Gasteiger partial charge is 0.239 e. The van der Waals surface area contributed by atoms with Gasteiger partial charge in [-0.1, -0.05) is 0 Å². The summed E-state index contributed by atoms with van der Waals surface area (Å²) < 4.78 is 0. The number of carbonyl (C=O) groups is 1. The molecule has 0 unspecified atom stereocenters. The largest absolute Gasteiger partial charge is 0.352 e. The summed E-state index contributed by atoms with van der Waals surface area (Å²) in [6, 6.07) is 0.824. The van der Waals surface area contributed by atoms with E-state index in [9.17, 15) is 4.79 Å². The molecule has 1 aliphatic carbocycles. The van der Waals surface area contributed by atoms with Crippen molar-refractivity contribution >= 4 is 11.9 Å². The molecule has 0 bridgehead atoms. The Labute approximate surface area is 120 Å². The van der Waals surface area contributed by atoms with Crippen molar-refractivity contribution in [2.24, 2.45) is 0 Å². The summed E-state index contributed by atoms with van der Waals surface area (Å²) in [6.07, 6.45) is 6.17. The number of aromatic nitrogens is 2. The van der Waals surface area contributed by atoms with E-state index in [1.54, 1.807) is 4.90 Å². The average molecular weight is 277 g/mol. The van der Waals surface area contributed by atoms with Gasteiger partial charge in [-0.15, -0.1) is 0 Å². The standard InChI is InChI=1S/C14H23N5O/c1-10(2)18-13(20)9-19(3)14-16-7-11(8-17-14)6-15-12-4-5-12/h7-8,10,12,15H,4-6,9H2,1-3H3,(H,18,20). The van der Waals surface area contributed by atoms with Gasteiger partial charge in [0, 0.05) is 43.6 Å². The van der Waals surface area contributed by atoms with Gasteiger partial charge in [-0.25, -0.2) is 9.97 Å². The molecule has 20 heavy (non-hydrogen) atoms. The van der Waals surface area contributed by atoms with Crippen LogP contribution in [0.1, 0.15) is 32.3 Å². The quantitative estimate of drug-likeness (QED) is 0.767. The molecular weight excluding hydrogens is 254 g/mol. The molecule has 0 spiro atoms. The summed E-state index contributed by atoms with van der Waals surface area (Å²) in [5, 5.41) is 6.27. The van der Waals surface area contributed by atoms with Gasteiger partial charge < -0.3 is 15.5 Å². The van der Waals surface area contributed by atoms with E-state index in [2.05, 4.69) is 20.6 Å². The van der Waals surface area contributed by atoms with Gasteiger partial charge in [-0.2, -0.15) is 0 Å². The highest BCUT2D eigenvalue weighted by molar-refractivity contribution is 5.80. The third-order valence-electron chi connectivity index (χ3n) is 3.04. The highest BCUT2D eigenvalue weighted by Crippen LogP contribution is 2.19. The number of amides is 1. The lowest BCUT2D eigenvalue weighted by molar-refractivity contribution is -0.120. The Morgan fingerprint density at radius 2 is 2.05 bits per heavy atom. The SMILES string of the molecule is CC(C)NC(=O)CN(C)c1ncc(CNC2CC2)cn1. The maximum Gasteiger partial charge on any atom is 0.239 e. The first kappa shape index (κ1) is 14.7. The second-order valence-electron chi connectivity index (χ2n) is 5.62. The second-order valence-corrected chi connectivity index (χ2v) is 5.62. The van der Waals surface area contributed by atoms with E-state index in [0.29, 0.717) is 12.0 Å². The van der Waals surface area contributed by atoms with Crippen LogP contribution in [0.2, 0.25) is 0 Å². The number of nitrogens with one attached hydrogen (secondary N) is 2. The van der Waals surface area contributed by atoms with E-state index in [1.807, 2.05) is 33.3 Å². The number of hydrogen-bond donors (Lipinski definition) is 2. The minimum atomic E-state index is -0.0226. The molecule has 1 aliphatic rings. The van der Waals surface area contributed by atoms with E-state index in [1.165, 1.54) is 12.8 Å². The number of carbonyl (C=O) groups excluding carboxylic acids is 1. The maximum absolute atomic E-state index is 11.7.